The fourth-order valence-electron chi connectivity index (χ4n) is 2.22. The van der Waals surface area contributed by atoms with Gasteiger partial charge < -0.3 is 15.2 Å². The van der Waals surface area contributed by atoms with E-state index in [1.165, 1.54) is 11.8 Å². The Kier molecular flexibility index (Phi) is 5.49. The van der Waals surface area contributed by atoms with E-state index in [-0.39, 0.29) is 23.6 Å². The van der Waals surface area contributed by atoms with Gasteiger partial charge in [-0.05, 0) is 25.0 Å². The molecule has 0 aliphatic heterocycles. The summed E-state index contributed by atoms with van der Waals surface area (Å²) in [6.45, 7) is 4.26. The molecule has 130 valence electrons. The fourth-order valence-corrected chi connectivity index (χ4v) is 2.94. The lowest BCUT2D eigenvalue weighted by atomic mass is 10.1. The molecule has 0 bridgehead atoms. The molecule has 0 unspecified atom stereocenters. The first-order chi connectivity index (χ1) is 12.2. The smallest absolute Gasteiger partial charge is 0.253 e. The minimum atomic E-state index is -0.204. The van der Waals surface area contributed by atoms with Crippen molar-refractivity contribution in [3.05, 3.63) is 48.8 Å². The number of allylic oxidation sites excluding steroid dienone is 1. The van der Waals surface area contributed by atoms with E-state index in [2.05, 4.69) is 27.4 Å². The summed E-state index contributed by atoms with van der Waals surface area (Å²) in [7, 11) is 0. The lowest BCUT2D eigenvalue weighted by molar-refractivity contribution is -0.113. The van der Waals surface area contributed by atoms with E-state index in [0.29, 0.717) is 23.0 Å². The summed E-state index contributed by atoms with van der Waals surface area (Å²) >= 11 is 1.28. The monoisotopic (exact) mass is 357 g/mol. The molecular formula is C17H19N5O2S. The first-order valence-electron chi connectivity index (χ1n) is 7.98. The third kappa shape index (κ3) is 4.69. The second-order valence-corrected chi connectivity index (χ2v) is 6.63. The standard InChI is InChI=1S/C17H19N5O2S/c1-2-9-22-11-18-21-17(22)25-10-15(23)20-14-6-4-3-5-13(14)16(24)19-12-7-8-12/h2-6,11-12H,1,7-10H2,(H,19,24)(H,20,23). The molecule has 1 heterocycles. The Labute approximate surface area is 149 Å². The number of benzene rings is 1. The molecule has 1 aliphatic carbocycles. The average molecular weight is 357 g/mol. The average Bonchev–Trinajstić information content (AvgIpc) is 3.31. The lowest BCUT2D eigenvalue weighted by Gasteiger charge is -2.11. The summed E-state index contributed by atoms with van der Waals surface area (Å²) in [5.74, 6) is -0.185. The van der Waals surface area contributed by atoms with Gasteiger partial charge >= 0.3 is 0 Å². The molecule has 1 aromatic heterocycles. The number of carbonyl (C=O) groups excluding carboxylic acids is 2. The first kappa shape index (κ1) is 17.2. The van der Waals surface area contributed by atoms with Crippen LogP contribution in [0.3, 0.4) is 0 Å². The minimum Gasteiger partial charge on any atom is -0.349 e. The van der Waals surface area contributed by atoms with Crippen LogP contribution in [0, 0.1) is 0 Å². The van der Waals surface area contributed by atoms with Crippen molar-refractivity contribution in [2.75, 3.05) is 11.1 Å². The van der Waals surface area contributed by atoms with Crippen LogP contribution in [0.4, 0.5) is 5.69 Å². The van der Waals surface area contributed by atoms with Gasteiger partial charge in [-0.2, -0.15) is 0 Å². The molecule has 1 aliphatic rings. The number of thioether (sulfide) groups is 1. The van der Waals surface area contributed by atoms with Crippen molar-refractivity contribution in [2.45, 2.75) is 30.6 Å². The second-order valence-electron chi connectivity index (χ2n) is 5.68. The van der Waals surface area contributed by atoms with E-state index in [4.69, 9.17) is 0 Å². The first-order valence-corrected chi connectivity index (χ1v) is 8.97. The third-order valence-electron chi connectivity index (χ3n) is 3.60. The molecule has 7 nitrogen and oxygen atoms in total. The number of nitrogens with zero attached hydrogens (tertiary/aromatic N) is 3. The number of hydrogen-bond acceptors (Lipinski definition) is 5. The summed E-state index contributed by atoms with van der Waals surface area (Å²) in [5.41, 5.74) is 0.987. The largest absolute Gasteiger partial charge is 0.349 e. The maximum Gasteiger partial charge on any atom is 0.253 e. The summed E-state index contributed by atoms with van der Waals surface area (Å²) in [6, 6.07) is 7.27. The van der Waals surface area contributed by atoms with Crippen LogP contribution in [0.1, 0.15) is 23.2 Å². The van der Waals surface area contributed by atoms with Crippen molar-refractivity contribution < 1.29 is 9.59 Å². The normalized spacial score (nSPS) is 13.3. The number of amides is 2. The van der Waals surface area contributed by atoms with Crippen molar-refractivity contribution in [1.29, 1.82) is 0 Å². The SMILES string of the molecule is C=CCn1cnnc1SCC(=O)Nc1ccccc1C(=O)NC1CC1. The zero-order valence-corrected chi connectivity index (χ0v) is 14.5. The van der Waals surface area contributed by atoms with E-state index in [1.54, 1.807) is 36.7 Å². The van der Waals surface area contributed by atoms with Crippen molar-refractivity contribution in [1.82, 2.24) is 20.1 Å². The van der Waals surface area contributed by atoms with Crippen LogP contribution >= 0.6 is 11.8 Å². The number of anilines is 1. The maximum absolute atomic E-state index is 12.3. The Bertz CT molecular complexity index is 785. The van der Waals surface area contributed by atoms with Gasteiger partial charge in [0.15, 0.2) is 5.16 Å². The highest BCUT2D eigenvalue weighted by atomic mass is 32.2. The Morgan fingerprint density at radius 2 is 2.16 bits per heavy atom. The Morgan fingerprint density at radius 3 is 2.92 bits per heavy atom. The summed E-state index contributed by atoms with van der Waals surface area (Å²) in [6.07, 6.45) is 5.37. The van der Waals surface area contributed by atoms with Crippen molar-refractivity contribution in [3.63, 3.8) is 0 Å². The molecule has 0 saturated heterocycles. The number of para-hydroxylation sites is 1. The van der Waals surface area contributed by atoms with Crippen LogP contribution in [0.5, 0.6) is 0 Å². The van der Waals surface area contributed by atoms with Gasteiger partial charge in [0.25, 0.3) is 5.91 Å². The molecule has 1 fully saturated rings. The summed E-state index contributed by atoms with van der Waals surface area (Å²) < 4.78 is 1.81. The molecule has 8 heteroatoms. The van der Waals surface area contributed by atoms with Gasteiger partial charge in [-0.1, -0.05) is 30.0 Å². The molecule has 0 spiro atoms. The Balaban J connectivity index is 1.60. The van der Waals surface area contributed by atoms with E-state index in [9.17, 15) is 9.59 Å². The van der Waals surface area contributed by atoms with Gasteiger partial charge in [-0.25, -0.2) is 0 Å². The van der Waals surface area contributed by atoms with E-state index >= 15 is 0 Å². The van der Waals surface area contributed by atoms with Crippen molar-refractivity contribution >= 4 is 29.3 Å². The summed E-state index contributed by atoms with van der Waals surface area (Å²) in [4.78, 5) is 24.5. The number of carbonyl (C=O) groups is 2. The van der Waals surface area contributed by atoms with Crippen LogP contribution in [0.2, 0.25) is 0 Å². The number of rotatable bonds is 8. The van der Waals surface area contributed by atoms with Gasteiger partial charge in [0.2, 0.25) is 5.91 Å². The molecule has 1 aromatic carbocycles. The molecule has 2 aromatic rings. The molecule has 2 N–H and O–H groups in total. The molecule has 2 amide bonds. The number of aromatic nitrogens is 3. The Morgan fingerprint density at radius 1 is 1.36 bits per heavy atom. The highest BCUT2D eigenvalue weighted by Gasteiger charge is 2.25. The topological polar surface area (TPSA) is 88.9 Å². The maximum atomic E-state index is 12.3. The fraction of sp³-hybridized carbons (Fsp3) is 0.294. The van der Waals surface area contributed by atoms with Crippen LogP contribution in [-0.4, -0.2) is 38.4 Å². The van der Waals surface area contributed by atoms with Gasteiger partial charge in [0, 0.05) is 12.6 Å². The van der Waals surface area contributed by atoms with Crippen LogP contribution in [-0.2, 0) is 11.3 Å². The van der Waals surface area contributed by atoms with Gasteiger partial charge in [0.05, 0.1) is 17.0 Å². The summed E-state index contributed by atoms with van der Waals surface area (Å²) in [5, 5.41) is 14.2. The van der Waals surface area contributed by atoms with E-state index in [1.807, 2.05) is 4.57 Å². The third-order valence-corrected chi connectivity index (χ3v) is 4.58. The molecule has 0 atom stereocenters. The molecule has 0 radical (unpaired) electrons. The predicted molar refractivity (Wildman–Crippen MR) is 96.5 cm³/mol. The number of hydrogen-bond donors (Lipinski definition) is 2. The highest BCUT2D eigenvalue weighted by molar-refractivity contribution is 7.99. The zero-order chi connectivity index (χ0) is 17.6. The second kappa shape index (κ2) is 7.98. The lowest BCUT2D eigenvalue weighted by Crippen LogP contribution is -2.27. The molecular weight excluding hydrogens is 338 g/mol. The van der Waals surface area contributed by atoms with Crippen LogP contribution < -0.4 is 10.6 Å². The minimum absolute atomic E-state index is 0.156. The highest BCUT2D eigenvalue weighted by Crippen LogP contribution is 2.22. The van der Waals surface area contributed by atoms with Crippen LogP contribution in [0.25, 0.3) is 0 Å². The van der Waals surface area contributed by atoms with Gasteiger partial charge in [-0.3, -0.25) is 9.59 Å². The Hall–Kier alpha value is -2.61. The predicted octanol–water partition coefficient (Wildman–Crippen LogP) is 2.09. The number of nitrogens with one attached hydrogen (secondary N) is 2. The van der Waals surface area contributed by atoms with Gasteiger partial charge in [0.1, 0.15) is 6.33 Å². The molecule has 1 saturated carbocycles. The molecule has 3 rings (SSSR count). The van der Waals surface area contributed by atoms with E-state index < -0.39 is 0 Å². The van der Waals surface area contributed by atoms with E-state index in [0.717, 1.165) is 12.8 Å². The zero-order valence-electron chi connectivity index (χ0n) is 13.6. The van der Waals surface area contributed by atoms with Crippen LogP contribution in [0.15, 0.2) is 48.4 Å². The van der Waals surface area contributed by atoms with Crippen molar-refractivity contribution in [3.8, 4) is 0 Å². The quantitative estimate of drug-likeness (QED) is 0.558. The molecule has 25 heavy (non-hydrogen) atoms. The van der Waals surface area contributed by atoms with Gasteiger partial charge in [-0.15, -0.1) is 16.8 Å². The van der Waals surface area contributed by atoms with Crippen molar-refractivity contribution in [2.24, 2.45) is 0 Å².